The van der Waals surface area contributed by atoms with Crippen molar-refractivity contribution in [2.75, 3.05) is 26.4 Å². The third-order valence-electron chi connectivity index (χ3n) is 8.49. The lowest BCUT2D eigenvalue weighted by Crippen LogP contribution is -2.29. The summed E-state index contributed by atoms with van der Waals surface area (Å²) in [4.78, 5) is 34.8. The highest BCUT2D eigenvalue weighted by atomic mass is 31.2. The molecule has 10 heteroatoms. The second kappa shape index (κ2) is 42.5. The average Bonchev–Trinajstić information content (AvgIpc) is 3.20. The van der Waals surface area contributed by atoms with Crippen LogP contribution in [-0.2, 0) is 32.7 Å². The van der Waals surface area contributed by atoms with Crippen LogP contribution in [0.4, 0.5) is 0 Å². The number of nitrogens with two attached hydrogens (primary N) is 1. The standard InChI is InChI=1S/C47H78NO8P/c1-3-5-7-9-11-13-15-17-19-20-21-22-23-24-26-27-29-31-33-35-37-39-46(49)53-43-45(44-55-57(51,52)54-42-41-48)56-47(50)40-38-36-34-32-30-28-25-18-16-14-12-10-8-6-4-2/h6,8,12,14-15,17-18,20-21,23-25,30,32,36,38,45H,3-5,7,9-11,13,16,19,22,26-29,31,33-35,37,39-44,48H2,1-2H3,(H,51,52)/b8-6-,14-12-,17-15-,21-20-,24-23-,25-18-,32-30-,38-36-. The van der Waals surface area contributed by atoms with Crippen molar-refractivity contribution in [2.24, 2.45) is 5.73 Å². The van der Waals surface area contributed by atoms with Gasteiger partial charge in [0, 0.05) is 13.0 Å². The summed E-state index contributed by atoms with van der Waals surface area (Å²) in [6, 6.07) is 0. The van der Waals surface area contributed by atoms with Crippen LogP contribution in [0.25, 0.3) is 0 Å². The SMILES string of the molecule is CC/C=C\C/C=C\C/C=C\C/C=C\C/C=C\CC(=O)OC(COC(=O)CCCCCCCC/C=C\C/C=C\C/C=C\CCCCCCC)COP(=O)(O)OCCN. The molecule has 0 bridgehead atoms. The summed E-state index contributed by atoms with van der Waals surface area (Å²) >= 11 is 0. The van der Waals surface area contributed by atoms with Gasteiger partial charge in [0.05, 0.1) is 19.6 Å². The van der Waals surface area contributed by atoms with Crippen molar-refractivity contribution >= 4 is 19.8 Å². The molecular formula is C47H78NO8P. The van der Waals surface area contributed by atoms with Gasteiger partial charge in [-0.2, -0.15) is 0 Å². The number of allylic oxidation sites excluding steroid dienone is 15. The second-order valence-electron chi connectivity index (χ2n) is 13.8. The molecule has 2 atom stereocenters. The molecule has 0 aromatic heterocycles. The van der Waals surface area contributed by atoms with Crippen LogP contribution in [0.3, 0.4) is 0 Å². The Morgan fingerprint density at radius 2 is 1.02 bits per heavy atom. The van der Waals surface area contributed by atoms with Gasteiger partial charge in [-0.05, 0) is 77.0 Å². The molecule has 0 fully saturated rings. The zero-order valence-corrected chi connectivity index (χ0v) is 36.4. The van der Waals surface area contributed by atoms with Crippen LogP contribution >= 0.6 is 7.82 Å². The van der Waals surface area contributed by atoms with Crippen molar-refractivity contribution in [1.29, 1.82) is 0 Å². The molecule has 0 heterocycles. The van der Waals surface area contributed by atoms with Gasteiger partial charge in [-0.3, -0.25) is 18.6 Å². The van der Waals surface area contributed by atoms with E-state index in [9.17, 15) is 19.0 Å². The van der Waals surface area contributed by atoms with Gasteiger partial charge in [-0.1, -0.05) is 162 Å². The molecule has 0 saturated heterocycles. The molecular weight excluding hydrogens is 737 g/mol. The summed E-state index contributed by atoms with van der Waals surface area (Å²) in [6.45, 7) is 3.45. The van der Waals surface area contributed by atoms with E-state index < -0.39 is 32.5 Å². The Bertz CT molecular complexity index is 1250. The number of carbonyl (C=O) groups excluding carboxylic acids is 2. The first-order chi connectivity index (χ1) is 27.8. The minimum Gasteiger partial charge on any atom is -0.462 e. The van der Waals surface area contributed by atoms with Crippen LogP contribution in [0.5, 0.6) is 0 Å². The van der Waals surface area contributed by atoms with E-state index in [2.05, 4.69) is 92.8 Å². The Hall–Kier alpha value is -3.07. The molecule has 324 valence electrons. The number of unbranched alkanes of at least 4 members (excludes halogenated alkanes) is 11. The van der Waals surface area contributed by atoms with Gasteiger partial charge < -0.3 is 20.1 Å². The lowest BCUT2D eigenvalue weighted by molar-refractivity contribution is -0.160. The average molecular weight is 816 g/mol. The van der Waals surface area contributed by atoms with Crippen molar-refractivity contribution in [3.8, 4) is 0 Å². The predicted molar refractivity (Wildman–Crippen MR) is 238 cm³/mol. The fourth-order valence-electron chi connectivity index (χ4n) is 5.30. The zero-order valence-electron chi connectivity index (χ0n) is 35.5. The van der Waals surface area contributed by atoms with Gasteiger partial charge in [0.25, 0.3) is 0 Å². The van der Waals surface area contributed by atoms with Crippen LogP contribution in [0, 0.1) is 0 Å². The first kappa shape index (κ1) is 53.9. The summed E-state index contributed by atoms with van der Waals surface area (Å²) in [6.07, 6.45) is 54.7. The second-order valence-corrected chi connectivity index (χ2v) is 15.3. The molecule has 2 unspecified atom stereocenters. The van der Waals surface area contributed by atoms with Gasteiger partial charge in [-0.15, -0.1) is 0 Å². The van der Waals surface area contributed by atoms with Gasteiger partial charge in [0.2, 0.25) is 0 Å². The Labute approximate surface area is 346 Å². The number of carbonyl (C=O) groups is 2. The molecule has 0 rings (SSSR count). The first-order valence-electron chi connectivity index (χ1n) is 21.7. The quantitative estimate of drug-likeness (QED) is 0.0269. The molecule has 0 aliphatic carbocycles. The third kappa shape index (κ3) is 42.4. The molecule has 0 spiro atoms. The first-order valence-corrected chi connectivity index (χ1v) is 23.2. The molecule has 0 aromatic carbocycles. The Morgan fingerprint density at radius 1 is 0.561 bits per heavy atom. The molecule has 0 radical (unpaired) electrons. The largest absolute Gasteiger partial charge is 0.472 e. The summed E-state index contributed by atoms with van der Waals surface area (Å²) in [5, 5.41) is 0. The number of esters is 2. The van der Waals surface area contributed by atoms with Crippen molar-refractivity contribution in [3.63, 3.8) is 0 Å². The van der Waals surface area contributed by atoms with Gasteiger partial charge in [0.15, 0.2) is 6.10 Å². The molecule has 0 aliphatic heterocycles. The van der Waals surface area contributed by atoms with Gasteiger partial charge in [-0.25, -0.2) is 4.57 Å². The molecule has 3 N–H and O–H groups in total. The van der Waals surface area contributed by atoms with Crippen LogP contribution in [0.1, 0.15) is 155 Å². The Balaban J connectivity index is 4.29. The predicted octanol–water partition coefficient (Wildman–Crippen LogP) is 12.6. The molecule has 0 saturated carbocycles. The highest BCUT2D eigenvalue weighted by molar-refractivity contribution is 7.47. The van der Waals surface area contributed by atoms with Crippen molar-refractivity contribution < 1.29 is 37.6 Å². The fraction of sp³-hybridized carbons (Fsp3) is 0.617. The highest BCUT2D eigenvalue weighted by Crippen LogP contribution is 2.43. The van der Waals surface area contributed by atoms with E-state index in [1.165, 1.54) is 38.5 Å². The topological polar surface area (TPSA) is 134 Å². The lowest BCUT2D eigenvalue weighted by Gasteiger charge is -2.19. The smallest absolute Gasteiger partial charge is 0.462 e. The number of rotatable bonds is 39. The number of phosphoric acid groups is 1. The Kier molecular flexibility index (Phi) is 40.2. The van der Waals surface area contributed by atoms with Gasteiger partial charge in [0.1, 0.15) is 6.61 Å². The maximum atomic E-state index is 12.5. The Morgan fingerprint density at radius 3 is 1.53 bits per heavy atom. The number of hydrogen-bond donors (Lipinski definition) is 2. The van der Waals surface area contributed by atoms with E-state index in [0.29, 0.717) is 12.8 Å². The van der Waals surface area contributed by atoms with Gasteiger partial charge >= 0.3 is 19.8 Å². The monoisotopic (exact) mass is 816 g/mol. The maximum absolute atomic E-state index is 12.5. The summed E-state index contributed by atoms with van der Waals surface area (Å²) in [5.74, 6) is -1.00. The number of hydrogen-bond acceptors (Lipinski definition) is 8. The van der Waals surface area contributed by atoms with Crippen molar-refractivity contribution in [2.45, 2.75) is 161 Å². The van der Waals surface area contributed by atoms with E-state index in [4.69, 9.17) is 24.3 Å². The summed E-state index contributed by atoms with van der Waals surface area (Å²) in [7, 11) is -4.41. The summed E-state index contributed by atoms with van der Waals surface area (Å²) < 4.78 is 32.6. The van der Waals surface area contributed by atoms with Crippen LogP contribution in [0.2, 0.25) is 0 Å². The van der Waals surface area contributed by atoms with E-state index in [0.717, 1.165) is 77.0 Å². The maximum Gasteiger partial charge on any atom is 0.472 e. The number of ether oxygens (including phenoxy) is 2. The van der Waals surface area contributed by atoms with Crippen LogP contribution in [0.15, 0.2) is 97.2 Å². The van der Waals surface area contributed by atoms with E-state index in [1.807, 2.05) is 12.2 Å². The van der Waals surface area contributed by atoms with E-state index in [1.54, 1.807) is 6.08 Å². The molecule has 0 aromatic rings. The third-order valence-corrected chi connectivity index (χ3v) is 9.47. The molecule has 0 amide bonds. The van der Waals surface area contributed by atoms with Crippen molar-refractivity contribution in [3.05, 3.63) is 97.2 Å². The molecule has 57 heavy (non-hydrogen) atoms. The van der Waals surface area contributed by atoms with Crippen LogP contribution in [-0.4, -0.2) is 49.3 Å². The lowest BCUT2D eigenvalue weighted by atomic mass is 10.1. The van der Waals surface area contributed by atoms with E-state index in [-0.39, 0.29) is 32.6 Å². The zero-order chi connectivity index (χ0) is 41.8. The fourth-order valence-corrected chi connectivity index (χ4v) is 6.07. The molecule has 9 nitrogen and oxygen atoms in total. The van der Waals surface area contributed by atoms with Crippen LogP contribution < -0.4 is 5.73 Å². The summed E-state index contributed by atoms with van der Waals surface area (Å²) in [5.41, 5.74) is 5.34. The van der Waals surface area contributed by atoms with Crippen molar-refractivity contribution in [1.82, 2.24) is 0 Å². The highest BCUT2D eigenvalue weighted by Gasteiger charge is 2.25. The minimum atomic E-state index is -4.41. The van der Waals surface area contributed by atoms with E-state index >= 15 is 0 Å². The minimum absolute atomic E-state index is 0.0104. The molecule has 0 aliphatic rings. The number of phosphoric ester groups is 1. The normalized spacial score (nSPS) is 14.2.